The Morgan fingerprint density at radius 2 is 0.895 bits per heavy atom. The number of hydrogen-bond acceptors (Lipinski definition) is 3. The molecule has 9 aromatic carbocycles. The predicted molar refractivity (Wildman–Crippen MR) is 324 cm³/mol. The maximum absolute atomic E-state index is 7.85. The summed E-state index contributed by atoms with van der Waals surface area (Å²) in [5, 5.41) is 2.60. The van der Waals surface area contributed by atoms with Crippen LogP contribution in [0.3, 0.4) is 0 Å². The number of nitrogens with zero attached hydrogens (tertiary/aromatic N) is 2. The summed E-state index contributed by atoms with van der Waals surface area (Å²) >= 11 is 0. The standard InChI is InChI=1S/C70H64B2N2O2/c1-9-41(5)45-23-29-53(30-24-45)73-61-32-26-49(43(7)11-3)37-56(61)71-57-38-50(46-19-15-13-16-20-46)27-33-62(57)76-70-64(71)67(73)69-65-68(70)74-60-31-25-48(42(6)10-2)35-54(60)55-36-52(44(8)12-4)40-59(66(55)74)72(65)58-39-51(28-34-63(58)75-69)47-21-17-14-18-22-47/h13-44H,9-12H2,1-8H3. The topological polar surface area (TPSA) is 26.6 Å². The number of fused-ring (bicyclic) bond motifs is 13. The summed E-state index contributed by atoms with van der Waals surface area (Å²) in [6.07, 6.45) is 4.26. The lowest BCUT2D eigenvalue weighted by molar-refractivity contribution is 0.475. The second kappa shape index (κ2) is 18.0. The van der Waals surface area contributed by atoms with Gasteiger partial charge in [0.15, 0.2) is 0 Å². The van der Waals surface area contributed by atoms with Crippen LogP contribution < -0.4 is 47.2 Å². The molecule has 4 aliphatic rings. The van der Waals surface area contributed by atoms with Crippen LogP contribution in [-0.2, 0) is 0 Å². The number of hydrogen-bond donors (Lipinski definition) is 0. The molecule has 6 heteroatoms. The van der Waals surface area contributed by atoms with E-state index in [-0.39, 0.29) is 13.4 Å². The zero-order chi connectivity index (χ0) is 51.7. The van der Waals surface area contributed by atoms with E-state index in [0.29, 0.717) is 23.7 Å². The van der Waals surface area contributed by atoms with Crippen molar-refractivity contribution in [2.75, 3.05) is 4.90 Å². The van der Waals surface area contributed by atoms with Gasteiger partial charge in [0, 0.05) is 38.6 Å². The molecular formula is C70H64B2N2O2. The fourth-order valence-corrected chi connectivity index (χ4v) is 13.3. The molecule has 0 saturated heterocycles. The van der Waals surface area contributed by atoms with Crippen molar-refractivity contribution in [3.63, 3.8) is 0 Å². The van der Waals surface area contributed by atoms with Crippen molar-refractivity contribution in [1.29, 1.82) is 0 Å². The number of ether oxygens (including phenoxy) is 2. The molecule has 4 unspecified atom stereocenters. The first-order chi connectivity index (χ1) is 37.2. The zero-order valence-corrected chi connectivity index (χ0v) is 45.2. The van der Waals surface area contributed by atoms with Crippen LogP contribution in [0.1, 0.15) is 127 Å². The summed E-state index contributed by atoms with van der Waals surface area (Å²) in [5.74, 6) is 5.24. The van der Waals surface area contributed by atoms with E-state index in [2.05, 4.69) is 235 Å². The largest absolute Gasteiger partial charge is 0.456 e. The van der Waals surface area contributed by atoms with Gasteiger partial charge in [-0.15, -0.1) is 0 Å². The first kappa shape index (κ1) is 46.8. The second-order valence-corrected chi connectivity index (χ2v) is 22.6. The lowest BCUT2D eigenvalue weighted by Crippen LogP contribution is -2.63. The molecule has 0 saturated carbocycles. The van der Waals surface area contributed by atoms with Gasteiger partial charge in [-0.05, 0) is 164 Å². The van der Waals surface area contributed by atoms with Gasteiger partial charge in [0.2, 0.25) is 0 Å². The van der Waals surface area contributed by atoms with Crippen molar-refractivity contribution in [2.45, 2.75) is 105 Å². The maximum atomic E-state index is 7.85. The molecule has 372 valence electrons. The highest BCUT2D eigenvalue weighted by atomic mass is 16.5. The fourth-order valence-electron chi connectivity index (χ4n) is 13.3. The monoisotopic (exact) mass is 987 g/mol. The molecule has 0 aliphatic carbocycles. The molecule has 5 heterocycles. The van der Waals surface area contributed by atoms with E-state index in [0.717, 1.165) is 76.7 Å². The minimum absolute atomic E-state index is 0.163. The SMILES string of the molecule is CCC(C)c1ccc(N2c3ccc(C(C)CC)cc3B3c4cc(-c5ccccc5)ccc4Oc4c3c2c2c3c4-n4c5ccc(C(C)CC)cc5c5cc(C(C)CC)cc(c54)B3c3cc(-c4ccccc4)ccc3O2)cc1. The van der Waals surface area contributed by atoms with Crippen LogP contribution in [0.4, 0.5) is 17.1 Å². The van der Waals surface area contributed by atoms with Gasteiger partial charge in [-0.1, -0.05) is 177 Å². The highest BCUT2D eigenvalue weighted by molar-refractivity contribution is 7.02. The molecule has 4 atom stereocenters. The van der Waals surface area contributed by atoms with Crippen LogP contribution in [0.5, 0.6) is 23.0 Å². The Labute approximate surface area is 449 Å². The normalized spacial score (nSPS) is 15.0. The van der Waals surface area contributed by atoms with Crippen molar-refractivity contribution in [1.82, 2.24) is 4.57 Å². The lowest BCUT2D eigenvalue weighted by atomic mass is 9.31. The third kappa shape index (κ3) is 6.91. The first-order valence-corrected chi connectivity index (χ1v) is 28.3. The van der Waals surface area contributed by atoms with Gasteiger partial charge in [-0.2, -0.15) is 0 Å². The van der Waals surface area contributed by atoms with Crippen molar-refractivity contribution in [3.8, 4) is 50.9 Å². The molecule has 76 heavy (non-hydrogen) atoms. The van der Waals surface area contributed by atoms with Gasteiger partial charge in [0.1, 0.15) is 23.0 Å². The molecule has 14 rings (SSSR count). The Bertz CT molecular complexity index is 3970. The summed E-state index contributed by atoms with van der Waals surface area (Å²) in [7, 11) is 0. The van der Waals surface area contributed by atoms with Crippen molar-refractivity contribution in [2.24, 2.45) is 0 Å². The first-order valence-electron chi connectivity index (χ1n) is 28.3. The van der Waals surface area contributed by atoms with Crippen LogP contribution >= 0.6 is 0 Å². The van der Waals surface area contributed by atoms with Crippen molar-refractivity contribution in [3.05, 3.63) is 192 Å². The van der Waals surface area contributed by atoms with E-state index in [1.54, 1.807) is 0 Å². The Morgan fingerprint density at radius 3 is 1.50 bits per heavy atom. The minimum Gasteiger partial charge on any atom is -0.456 e. The zero-order valence-electron chi connectivity index (χ0n) is 45.2. The van der Waals surface area contributed by atoms with Gasteiger partial charge in [0.05, 0.1) is 16.9 Å². The average Bonchev–Trinajstić information content (AvgIpc) is 3.80. The second-order valence-electron chi connectivity index (χ2n) is 22.6. The molecule has 0 spiro atoms. The summed E-state index contributed by atoms with van der Waals surface area (Å²) in [4.78, 5) is 2.55. The molecule has 4 nitrogen and oxygen atoms in total. The Kier molecular flexibility index (Phi) is 11.1. The van der Waals surface area contributed by atoms with Crippen molar-refractivity contribution >= 4 is 85.1 Å². The Morgan fingerprint density at radius 1 is 0.408 bits per heavy atom. The maximum Gasteiger partial charge on any atom is 0.256 e. The third-order valence-corrected chi connectivity index (χ3v) is 18.5. The van der Waals surface area contributed by atoms with Crippen LogP contribution in [0.2, 0.25) is 0 Å². The molecule has 4 aliphatic heterocycles. The predicted octanol–water partition coefficient (Wildman–Crippen LogP) is 15.5. The quantitative estimate of drug-likeness (QED) is 0.121. The molecule has 0 fully saturated rings. The molecule has 1 aromatic heterocycles. The van der Waals surface area contributed by atoms with Gasteiger partial charge in [0.25, 0.3) is 13.4 Å². The van der Waals surface area contributed by atoms with Crippen LogP contribution in [-0.4, -0.2) is 18.0 Å². The molecule has 0 radical (unpaired) electrons. The summed E-state index contributed by atoms with van der Waals surface area (Å²) < 4.78 is 18.3. The highest BCUT2D eigenvalue weighted by Gasteiger charge is 2.51. The lowest BCUT2D eigenvalue weighted by Gasteiger charge is -2.45. The minimum atomic E-state index is -0.166. The van der Waals surface area contributed by atoms with Crippen LogP contribution in [0, 0.1) is 0 Å². The van der Waals surface area contributed by atoms with Gasteiger partial charge in [-0.25, -0.2) is 0 Å². The van der Waals surface area contributed by atoms with E-state index in [1.807, 2.05) is 0 Å². The highest BCUT2D eigenvalue weighted by Crippen LogP contribution is 2.52. The molecular weight excluding hydrogens is 922 g/mol. The van der Waals surface area contributed by atoms with Gasteiger partial charge in [-0.3, -0.25) is 0 Å². The number of aromatic nitrogens is 1. The molecule has 10 aromatic rings. The fraction of sp³-hybridized carbons (Fsp3) is 0.229. The summed E-state index contributed by atoms with van der Waals surface area (Å²) in [6.45, 7) is 18.4. The van der Waals surface area contributed by atoms with Gasteiger partial charge >= 0.3 is 0 Å². The van der Waals surface area contributed by atoms with Crippen molar-refractivity contribution < 1.29 is 9.47 Å². The number of benzene rings is 9. The smallest absolute Gasteiger partial charge is 0.256 e. The number of rotatable bonds is 11. The number of anilines is 3. The van der Waals surface area contributed by atoms with Crippen LogP contribution in [0.15, 0.2) is 170 Å². The molecule has 0 bridgehead atoms. The summed E-state index contributed by atoms with van der Waals surface area (Å²) in [5.41, 5.74) is 24.4. The van der Waals surface area contributed by atoms with E-state index >= 15 is 0 Å². The van der Waals surface area contributed by atoms with E-state index in [4.69, 9.17) is 9.47 Å². The Hall–Kier alpha value is -7.69. The molecule has 0 amide bonds. The van der Waals surface area contributed by atoms with Gasteiger partial charge < -0.3 is 18.9 Å². The Balaban J connectivity index is 1.16. The average molecular weight is 987 g/mol. The third-order valence-electron chi connectivity index (χ3n) is 18.5. The van der Waals surface area contributed by atoms with E-state index in [9.17, 15) is 0 Å². The van der Waals surface area contributed by atoms with E-state index < -0.39 is 0 Å². The summed E-state index contributed by atoms with van der Waals surface area (Å²) in [6, 6.07) is 64.7. The van der Waals surface area contributed by atoms with E-state index in [1.165, 1.54) is 93.9 Å². The van der Waals surface area contributed by atoms with Crippen LogP contribution in [0.25, 0.3) is 49.7 Å². The molecule has 0 N–H and O–H groups in total.